The van der Waals surface area contributed by atoms with E-state index < -0.39 is 17.0 Å². The Morgan fingerprint density at radius 3 is 2.43 bits per heavy atom. The van der Waals surface area contributed by atoms with Gasteiger partial charge in [0.05, 0.1) is 5.41 Å². The molecule has 0 saturated carbocycles. The summed E-state index contributed by atoms with van der Waals surface area (Å²) in [6.07, 6.45) is 1.56. The number of carbonyl (C=O) groups excluding carboxylic acids is 1. The van der Waals surface area contributed by atoms with Crippen LogP contribution in [0, 0.1) is 17.0 Å². The summed E-state index contributed by atoms with van der Waals surface area (Å²) >= 11 is 0. The van der Waals surface area contributed by atoms with Crippen molar-refractivity contribution < 1.29 is 13.6 Å². The van der Waals surface area contributed by atoms with Crippen molar-refractivity contribution in [2.45, 2.75) is 33.1 Å². The Hall–Kier alpha value is -1.20. The number of amides is 1. The molecule has 6 heteroatoms. The van der Waals surface area contributed by atoms with E-state index in [0.29, 0.717) is 12.8 Å². The number of carbonyl (C=O) groups is 1. The summed E-state index contributed by atoms with van der Waals surface area (Å²) in [5, 5.41) is 2.76. The van der Waals surface area contributed by atoms with Crippen molar-refractivity contribution >= 4 is 18.3 Å². The van der Waals surface area contributed by atoms with E-state index in [0.717, 1.165) is 18.2 Å². The summed E-state index contributed by atoms with van der Waals surface area (Å²) in [6, 6.07) is 3.32. The van der Waals surface area contributed by atoms with Crippen LogP contribution in [0.3, 0.4) is 0 Å². The third kappa shape index (κ3) is 4.93. The summed E-state index contributed by atoms with van der Waals surface area (Å²) in [4.78, 5) is 12.1. The van der Waals surface area contributed by atoms with Crippen molar-refractivity contribution in [1.29, 1.82) is 0 Å². The number of rotatable bonds is 7. The van der Waals surface area contributed by atoms with Crippen molar-refractivity contribution in [2.75, 3.05) is 13.1 Å². The predicted molar refractivity (Wildman–Crippen MR) is 82.4 cm³/mol. The minimum Gasteiger partial charge on any atom is -0.355 e. The van der Waals surface area contributed by atoms with Crippen molar-refractivity contribution in [3.63, 3.8) is 0 Å². The van der Waals surface area contributed by atoms with Crippen molar-refractivity contribution in [1.82, 2.24) is 5.32 Å². The molecule has 1 amide bonds. The monoisotopic (exact) mass is 320 g/mol. The SMILES string of the molecule is CCC(CC)(CN)C(=O)NCCc1cc(F)ccc1F.Cl. The average Bonchev–Trinajstić information content (AvgIpc) is 2.45. The van der Waals surface area contributed by atoms with Gasteiger partial charge in [-0.25, -0.2) is 8.78 Å². The second kappa shape index (κ2) is 8.95. The summed E-state index contributed by atoms with van der Waals surface area (Å²) in [6.45, 7) is 4.38. The molecule has 1 aromatic rings. The van der Waals surface area contributed by atoms with Crippen molar-refractivity contribution in [3.05, 3.63) is 35.4 Å². The lowest BCUT2D eigenvalue weighted by molar-refractivity contribution is -0.131. The molecule has 21 heavy (non-hydrogen) atoms. The van der Waals surface area contributed by atoms with E-state index in [2.05, 4.69) is 5.32 Å². The molecule has 0 radical (unpaired) electrons. The summed E-state index contributed by atoms with van der Waals surface area (Å²) < 4.78 is 26.4. The Morgan fingerprint density at radius 1 is 1.29 bits per heavy atom. The smallest absolute Gasteiger partial charge is 0.227 e. The van der Waals surface area contributed by atoms with Gasteiger partial charge in [0.15, 0.2) is 0 Å². The molecule has 1 rings (SSSR count). The van der Waals surface area contributed by atoms with Gasteiger partial charge in [0.2, 0.25) is 5.91 Å². The Morgan fingerprint density at radius 2 is 1.90 bits per heavy atom. The van der Waals surface area contributed by atoms with Crippen LogP contribution in [0.25, 0.3) is 0 Å². The highest BCUT2D eigenvalue weighted by Crippen LogP contribution is 2.24. The first kappa shape index (κ1) is 19.8. The molecule has 0 aliphatic carbocycles. The molecule has 0 heterocycles. The Kier molecular flexibility index (Phi) is 8.44. The largest absolute Gasteiger partial charge is 0.355 e. The van der Waals surface area contributed by atoms with Gasteiger partial charge >= 0.3 is 0 Å². The minimum absolute atomic E-state index is 0. The highest BCUT2D eigenvalue weighted by atomic mass is 35.5. The first-order valence-corrected chi connectivity index (χ1v) is 6.91. The Balaban J connectivity index is 0.00000400. The van der Waals surface area contributed by atoms with Crippen LogP contribution in [0.1, 0.15) is 32.3 Å². The molecule has 0 atom stereocenters. The molecule has 0 aliphatic heterocycles. The highest BCUT2D eigenvalue weighted by Gasteiger charge is 2.32. The summed E-state index contributed by atoms with van der Waals surface area (Å²) in [7, 11) is 0. The zero-order chi connectivity index (χ0) is 15.2. The fourth-order valence-corrected chi connectivity index (χ4v) is 2.19. The van der Waals surface area contributed by atoms with Crippen molar-refractivity contribution in [3.8, 4) is 0 Å². The molecular weight excluding hydrogens is 298 g/mol. The van der Waals surface area contributed by atoms with Crippen LogP contribution in [0.4, 0.5) is 8.78 Å². The topological polar surface area (TPSA) is 55.1 Å². The van der Waals surface area contributed by atoms with Crippen LogP contribution < -0.4 is 11.1 Å². The second-order valence-electron chi connectivity index (χ2n) is 4.93. The number of benzene rings is 1. The fourth-order valence-electron chi connectivity index (χ4n) is 2.19. The molecular formula is C15H23ClF2N2O. The van der Waals surface area contributed by atoms with Gasteiger partial charge < -0.3 is 11.1 Å². The van der Waals surface area contributed by atoms with E-state index in [1.165, 1.54) is 0 Å². The van der Waals surface area contributed by atoms with Crippen LogP contribution in [-0.2, 0) is 11.2 Å². The van der Waals surface area contributed by atoms with E-state index in [-0.39, 0.29) is 43.4 Å². The highest BCUT2D eigenvalue weighted by molar-refractivity contribution is 5.85. The quantitative estimate of drug-likeness (QED) is 0.811. The van der Waals surface area contributed by atoms with Crippen LogP contribution in [0.5, 0.6) is 0 Å². The molecule has 0 fully saturated rings. The van der Waals surface area contributed by atoms with Gasteiger partial charge in [0.25, 0.3) is 0 Å². The van der Waals surface area contributed by atoms with Crippen LogP contribution in [0.15, 0.2) is 18.2 Å². The van der Waals surface area contributed by atoms with Crippen LogP contribution >= 0.6 is 12.4 Å². The number of nitrogens with two attached hydrogens (primary N) is 1. The molecule has 1 aromatic carbocycles. The third-order valence-corrected chi connectivity index (χ3v) is 3.91. The maximum absolute atomic E-state index is 13.4. The standard InChI is InChI=1S/C15H22F2N2O.ClH/c1-3-15(4-2,10-18)14(20)19-8-7-11-9-12(16)5-6-13(11)17;/h5-6,9H,3-4,7-8,10,18H2,1-2H3,(H,19,20);1H. The first-order valence-electron chi connectivity index (χ1n) is 6.91. The summed E-state index contributed by atoms with van der Waals surface area (Å²) in [5.41, 5.74) is 5.38. The van der Waals surface area contributed by atoms with Gasteiger partial charge in [-0.05, 0) is 43.0 Å². The Labute approximate surface area is 130 Å². The van der Waals surface area contributed by atoms with E-state index in [9.17, 15) is 13.6 Å². The number of hydrogen-bond donors (Lipinski definition) is 2. The van der Waals surface area contributed by atoms with Gasteiger partial charge in [0, 0.05) is 13.1 Å². The molecule has 0 unspecified atom stereocenters. The predicted octanol–water partition coefficient (Wildman–Crippen LogP) is 2.81. The lowest BCUT2D eigenvalue weighted by Crippen LogP contribution is -2.45. The third-order valence-electron chi connectivity index (χ3n) is 3.91. The summed E-state index contributed by atoms with van der Waals surface area (Å²) in [5.74, 6) is -1.07. The van der Waals surface area contributed by atoms with E-state index >= 15 is 0 Å². The number of halogens is 3. The zero-order valence-electron chi connectivity index (χ0n) is 12.4. The lowest BCUT2D eigenvalue weighted by Gasteiger charge is -2.28. The van der Waals surface area contributed by atoms with Gasteiger partial charge in [-0.3, -0.25) is 4.79 Å². The van der Waals surface area contributed by atoms with Gasteiger partial charge in [-0.15, -0.1) is 12.4 Å². The van der Waals surface area contributed by atoms with E-state index in [1.54, 1.807) is 0 Å². The first-order chi connectivity index (χ1) is 9.49. The van der Waals surface area contributed by atoms with Gasteiger partial charge in [-0.2, -0.15) is 0 Å². The molecule has 0 bridgehead atoms. The molecule has 0 saturated heterocycles. The zero-order valence-corrected chi connectivity index (χ0v) is 13.2. The molecule has 120 valence electrons. The molecule has 0 aliphatic rings. The number of nitrogens with one attached hydrogen (secondary N) is 1. The van der Waals surface area contributed by atoms with Crippen LogP contribution in [-0.4, -0.2) is 19.0 Å². The van der Waals surface area contributed by atoms with Gasteiger partial charge in [-0.1, -0.05) is 13.8 Å². The lowest BCUT2D eigenvalue weighted by atomic mass is 9.81. The molecule has 0 spiro atoms. The maximum atomic E-state index is 13.4. The molecule has 0 aromatic heterocycles. The van der Waals surface area contributed by atoms with E-state index in [4.69, 9.17) is 5.73 Å². The molecule has 3 N–H and O–H groups in total. The second-order valence-corrected chi connectivity index (χ2v) is 4.93. The fraction of sp³-hybridized carbons (Fsp3) is 0.533. The maximum Gasteiger partial charge on any atom is 0.227 e. The Bertz CT molecular complexity index is 457. The molecule has 3 nitrogen and oxygen atoms in total. The average molecular weight is 321 g/mol. The van der Waals surface area contributed by atoms with Crippen molar-refractivity contribution in [2.24, 2.45) is 11.1 Å². The minimum atomic E-state index is -0.569. The van der Waals surface area contributed by atoms with Gasteiger partial charge in [0.1, 0.15) is 11.6 Å². The van der Waals surface area contributed by atoms with Crippen LogP contribution in [0.2, 0.25) is 0 Å². The van der Waals surface area contributed by atoms with E-state index in [1.807, 2.05) is 13.8 Å². The number of hydrogen-bond acceptors (Lipinski definition) is 2. The normalized spacial score (nSPS) is 10.9.